The van der Waals surface area contributed by atoms with Crippen molar-refractivity contribution >= 4 is 14.1 Å². The van der Waals surface area contributed by atoms with Crippen LogP contribution < -0.4 is 15.3 Å². The van der Waals surface area contributed by atoms with E-state index in [0.717, 1.165) is 5.75 Å². The van der Waals surface area contributed by atoms with Gasteiger partial charge in [0.25, 0.3) is 0 Å². The maximum atomic E-state index is 6.17. The van der Waals surface area contributed by atoms with Crippen LogP contribution in [0.25, 0.3) is 0 Å². The quantitative estimate of drug-likeness (QED) is 0.753. The van der Waals surface area contributed by atoms with Crippen molar-refractivity contribution in [3.05, 3.63) is 35.5 Å². The summed E-state index contributed by atoms with van der Waals surface area (Å²) < 4.78 is 5.10. The molecule has 1 atom stereocenters. The van der Waals surface area contributed by atoms with Gasteiger partial charge in [-0.1, -0.05) is 23.4 Å². The van der Waals surface area contributed by atoms with E-state index in [1.165, 1.54) is 10.4 Å². The monoisotopic (exact) mass is 207 g/mol. The lowest BCUT2D eigenvalue weighted by molar-refractivity contribution is 0.415. The summed E-state index contributed by atoms with van der Waals surface area (Å²) in [4.78, 5) is 0. The Kier molecular flexibility index (Phi) is 3.92. The number of ether oxygens (including phenoxy) is 1. The molecule has 76 valence electrons. The minimum Gasteiger partial charge on any atom is -0.497 e. The largest absolute Gasteiger partial charge is 0.497 e. The van der Waals surface area contributed by atoms with Gasteiger partial charge >= 0.3 is 0 Å². The summed E-state index contributed by atoms with van der Waals surface area (Å²) in [5.74, 6) is 0.882. The van der Waals surface area contributed by atoms with Crippen molar-refractivity contribution in [3.8, 4) is 5.75 Å². The average Bonchev–Trinajstić information content (AvgIpc) is 2.27. The van der Waals surface area contributed by atoms with Crippen molar-refractivity contribution in [2.75, 3.05) is 7.11 Å². The SMILES string of the molecule is C/C=C(\C)[SiH](N)c1ccc(OC)cc1. The lowest BCUT2D eigenvalue weighted by Crippen LogP contribution is -2.41. The van der Waals surface area contributed by atoms with E-state index in [0.29, 0.717) is 0 Å². The molecule has 2 N–H and O–H groups in total. The molecule has 0 fully saturated rings. The maximum absolute atomic E-state index is 6.17. The molecule has 0 aliphatic rings. The van der Waals surface area contributed by atoms with E-state index in [1.54, 1.807) is 7.11 Å². The maximum Gasteiger partial charge on any atom is 0.165 e. The fourth-order valence-corrected chi connectivity index (χ4v) is 2.75. The Morgan fingerprint density at radius 3 is 2.36 bits per heavy atom. The van der Waals surface area contributed by atoms with Gasteiger partial charge in [-0.25, -0.2) is 0 Å². The third-order valence-corrected chi connectivity index (χ3v) is 4.84. The van der Waals surface area contributed by atoms with Gasteiger partial charge in [0.2, 0.25) is 0 Å². The Bertz CT molecular complexity index is 319. The highest BCUT2D eigenvalue weighted by molar-refractivity contribution is 6.76. The van der Waals surface area contributed by atoms with E-state index in [9.17, 15) is 0 Å². The molecular weight excluding hydrogens is 190 g/mol. The van der Waals surface area contributed by atoms with Crippen LogP contribution >= 0.6 is 0 Å². The summed E-state index contributed by atoms with van der Waals surface area (Å²) in [7, 11) is 0.289. The Labute approximate surface area is 87.1 Å². The molecule has 14 heavy (non-hydrogen) atoms. The van der Waals surface area contributed by atoms with E-state index >= 15 is 0 Å². The number of nitrogens with two attached hydrogens (primary N) is 1. The standard InChI is InChI=1S/C11H17NOSi/c1-4-9(2)14(12)11-7-5-10(13-3)6-8-11/h4-8,14H,12H2,1-3H3/b9-4+. The van der Waals surface area contributed by atoms with E-state index in [4.69, 9.17) is 10.1 Å². The minimum absolute atomic E-state index is 0.882. The van der Waals surface area contributed by atoms with Gasteiger partial charge < -0.3 is 10.1 Å². The highest BCUT2D eigenvalue weighted by Crippen LogP contribution is 2.06. The summed E-state index contributed by atoms with van der Waals surface area (Å²) in [6.07, 6.45) is 2.10. The van der Waals surface area contributed by atoms with Crippen LogP contribution in [0.15, 0.2) is 35.5 Å². The molecule has 1 unspecified atom stereocenters. The first-order valence-electron chi connectivity index (χ1n) is 4.71. The molecule has 0 spiro atoms. The van der Waals surface area contributed by atoms with Gasteiger partial charge in [0.1, 0.15) is 5.75 Å². The predicted octanol–water partition coefficient (Wildman–Crippen LogP) is 1.09. The van der Waals surface area contributed by atoms with Crippen LogP contribution in [0.5, 0.6) is 5.75 Å². The van der Waals surface area contributed by atoms with Gasteiger partial charge in [-0.2, -0.15) is 0 Å². The third-order valence-electron chi connectivity index (χ3n) is 2.42. The van der Waals surface area contributed by atoms with Gasteiger partial charge in [0, 0.05) is 0 Å². The first kappa shape index (κ1) is 11.0. The smallest absolute Gasteiger partial charge is 0.165 e. The zero-order valence-corrected chi connectivity index (χ0v) is 10.1. The molecule has 0 amide bonds. The van der Waals surface area contributed by atoms with Crippen molar-refractivity contribution in [1.29, 1.82) is 0 Å². The molecule has 0 saturated carbocycles. The van der Waals surface area contributed by atoms with Crippen molar-refractivity contribution < 1.29 is 4.74 Å². The molecule has 0 saturated heterocycles. The van der Waals surface area contributed by atoms with E-state index in [1.807, 2.05) is 19.1 Å². The molecule has 0 heterocycles. The second-order valence-electron chi connectivity index (χ2n) is 3.28. The molecule has 0 aromatic heterocycles. The van der Waals surface area contributed by atoms with Gasteiger partial charge in [-0.05, 0) is 31.2 Å². The van der Waals surface area contributed by atoms with Crippen molar-refractivity contribution in [2.45, 2.75) is 13.8 Å². The van der Waals surface area contributed by atoms with Crippen LogP contribution in [0.2, 0.25) is 0 Å². The number of benzene rings is 1. The molecule has 2 nitrogen and oxygen atoms in total. The Hall–Kier alpha value is -1.06. The third kappa shape index (κ3) is 2.46. The van der Waals surface area contributed by atoms with Gasteiger partial charge in [-0.3, -0.25) is 0 Å². The second-order valence-corrected chi connectivity index (χ2v) is 5.82. The lowest BCUT2D eigenvalue weighted by atomic mass is 10.3. The number of hydrogen-bond donors (Lipinski definition) is 1. The van der Waals surface area contributed by atoms with Crippen LogP contribution in [-0.4, -0.2) is 16.1 Å². The van der Waals surface area contributed by atoms with Crippen molar-refractivity contribution in [3.63, 3.8) is 0 Å². The van der Waals surface area contributed by atoms with Crippen LogP contribution in [0.4, 0.5) is 0 Å². The van der Waals surface area contributed by atoms with Crippen LogP contribution in [0.3, 0.4) is 0 Å². The van der Waals surface area contributed by atoms with Crippen molar-refractivity contribution in [1.82, 2.24) is 0 Å². The summed E-state index contributed by atoms with van der Waals surface area (Å²) in [6, 6.07) is 8.04. The number of methoxy groups -OCH3 is 1. The molecule has 0 aliphatic heterocycles. The fourth-order valence-electron chi connectivity index (χ4n) is 1.25. The highest BCUT2D eigenvalue weighted by atomic mass is 28.3. The zero-order chi connectivity index (χ0) is 10.6. The molecular formula is C11H17NOSi. The van der Waals surface area contributed by atoms with Crippen LogP contribution in [0.1, 0.15) is 13.8 Å². The van der Waals surface area contributed by atoms with E-state index in [2.05, 4.69) is 25.1 Å². The van der Waals surface area contributed by atoms with Gasteiger partial charge in [-0.15, -0.1) is 0 Å². The fraction of sp³-hybridized carbons (Fsp3) is 0.273. The minimum atomic E-state index is -1.38. The second kappa shape index (κ2) is 4.98. The molecule has 0 aliphatic carbocycles. The van der Waals surface area contributed by atoms with E-state index in [-0.39, 0.29) is 0 Å². The van der Waals surface area contributed by atoms with Crippen LogP contribution in [-0.2, 0) is 0 Å². The predicted molar refractivity (Wildman–Crippen MR) is 63.4 cm³/mol. The number of rotatable bonds is 3. The summed E-state index contributed by atoms with van der Waals surface area (Å²) in [5.41, 5.74) is 0. The Morgan fingerprint density at radius 1 is 1.36 bits per heavy atom. The molecule has 1 aromatic rings. The molecule has 1 rings (SSSR count). The number of hydrogen-bond acceptors (Lipinski definition) is 2. The Balaban J connectivity index is 2.86. The van der Waals surface area contributed by atoms with Gasteiger partial charge in [0.05, 0.1) is 7.11 Å². The molecule has 0 radical (unpaired) electrons. The lowest BCUT2D eigenvalue weighted by Gasteiger charge is -2.10. The normalized spacial score (nSPS) is 13.9. The summed E-state index contributed by atoms with van der Waals surface area (Å²) in [6.45, 7) is 4.13. The highest BCUT2D eigenvalue weighted by Gasteiger charge is 2.09. The van der Waals surface area contributed by atoms with Crippen molar-refractivity contribution in [2.24, 2.45) is 5.40 Å². The molecule has 3 heteroatoms. The first-order chi connectivity index (χ1) is 6.69. The average molecular weight is 207 g/mol. The molecule has 0 bridgehead atoms. The summed E-state index contributed by atoms with van der Waals surface area (Å²) >= 11 is 0. The van der Waals surface area contributed by atoms with Gasteiger partial charge in [0.15, 0.2) is 8.96 Å². The number of allylic oxidation sites excluding steroid dienone is 2. The molecule has 1 aromatic carbocycles. The van der Waals surface area contributed by atoms with E-state index < -0.39 is 8.96 Å². The first-order valence-corrected chi connectivity index (χ1v) is 6.53. The Morgan fingerprint density at radius 2 is 1.93 bits per heavy atom. The summed E-state index contributed by atoms with van der Waals surface area (Å²) in [5, 5.41) is 8.74. The topological polar surface area (TPSA) is 35.2 Å². The zero-order valence-electron chi connectivity index (χ0n) is 8.95. The van der Waals surface area contributed by atoms with Crippen LogP contribution in [0, 0.1) is 0 Å².